The molecule has 1 aromatic rings. The molecule has 0 saturated carbocycles. The smallest absolute Gasteiger partial charge is 0.302 e. The Labute approximate surface area is 149 Å². The average Bonchev–Trinajstić information content (AvgIpc) is 2.60. The first kappa shape index (κ1) is 21.1. The number of carbonyl (C=O) groups is 4. The molecule has 0 bridgehead atoms. The van der Waals surface area contributed by atoms with E-state index in [1.165, 1.54) is 38.1 Å². The average molecular weight is 368 g/mol. The van der Waals surface area contributed by atoms with Gasteiger partial charge in [0.15, 0.2) is 0 Å². The van der Waals surface area contributed by atoms with E-state index in [0.717, 1.165) is 0 Å². The second-order valence-corrected chi connectivity index (χ2v) is 4.82. The summed E-state index contributed by atoms with van der Waals surface area (Å²) in [6.07, 6.45) is 0. The number of carbonyl (C=O) groups excluding carboxylic acids is 4. The van der Waals surface area contributed by atoms with E-state index in [-0.39, 0.29) is 37.6 Å². The fourth-order valence-electron chi connectivity index (χ4n) is 1.61. The number of ether oxygens (including phenoxy) is 2. The molecule has 0 heterocycles. The number of hydroxylamine groups is 2. The van der Waals surface area contributed by atoms with Crippen LogP contribution in [-0.4, -0.2) is 50.2 Å². The Morgan fingerprint density at radius 2 is 1.19 bits per heavy atom. The third-order valence-electron chi connectivity index (χ3n) is 2.70. The Kier molecular flexibility index (Phi) is 9.36. The first-order valence-electron chi connectivity index (χ1n) is 7.61. The maximum atomic E-state index is 11.9. The van der Waals surface area contributed by atoms with Gasteiger partial charge in [-0.3, -0.25) is 28.9 Å². The lowest BCUT2D eigenvalue weighted by Crippen LogP contribution is -2.28. The predicted octanol–water partition coefficient (Wildman–Crippen LogP) is 0.136. The monoisotopic (exact) mass is 368 g/mol. The molecular weight excluding hydrogens is 348 g/mol. The highest BCUT2D eigenvalue weighted by Crippen LogP contribution is 2.05. The van der Waals surface area contributed by atoms with Crippen molar-refractivity contribution < 1.29 is 38.3 Å². The van der Waals surface area contributed by atoms with Gasteiger partial charge in [0.2, 0.25) is 0 Å². The van der Waals surface area contributed by atoms with Gasteiger partial charge in [-0.05, 0) is 18.2 Å². The molecule has 26 heavy (non-hydrogen) atoms. The van der Waals surface area contributed by atoms with Gasteiger partial charge < -0.3 is 9.47 Å². The lowest BCUT2D eigenvalue weighted by molar-refractivity contribution is -0.144. The summed E-state index contributed by atoms with van der Waals surface area (Å²) in [6, 6.07) is 5.84. The maximum Gasteiger partial charge on any atom is 0.302 e. The zero-order valence-electron chi connectivity index (χ0n) is 14.4. The molecule has 0 aromatic heterocycles. The number of hydrogen-bond donors (Lipinski definition) is 2. The zero-order valence-corrected chi connectivity index (χ0v) is 14.4. The van der Waals surface area contributed by atoms with Gasteiger partial charge in [0, 0.05) is 25.0 Å². The third kappa shape index (κ3) is 8.76. The molecule has 0 spiro atoms. The second-order valence-electron chi connectivity index (χ2n) is 4.82. The third-order valence-corrected chi connectivity index (χ3v) is 2.70. The van der Waals surface area contributed by atoms with Crippen LogP contribution in [0.3, 0.4) is 0 Å². The van der Waals surface area contributed by atoms with Crippen molar-refractivity contribution in [1.82, 2.24) is 11.0 Å². The van der Waals surface area contributed by atoms with Crippen molar-refractivity contribution in [1.29, 1.82) is 0 Å². The summed E-state index contributed by atoms with van der Waals surface area (Å²) in [5.41, 5.74) is 4.71. The normalized spacial score (nSPS) is 9.92. The van der Waals surface area contributed by atoms with Crippen LogP contribution in [-0.2, 0) is 28.7 Å². The van der Waals surface area contributed by atoms with Crippen LogP contribution in [0.5, 0.6) is 0 Å². The van der Waals surface area contributed by atoms with Gasteiger partial charge in [-0.2, -0.15) is 0 Å². The molecule has 142 valence electrons. The summed E-state index contributed by atoms with van der Waals surface area (Å²) in [5, 5.41) is 0. The molecule has 10 nitrogen and oxygen atoms in total. The van der Waals surface area contributed by atoms with E-state index in [2.05, 4.69) is 20.4 Å². The molecule has 0 saturated heterocycles. The van der Waals surface area contributed by atoms with Gasteiger partial charge in [0.25, 0.3) is 11.8 Å². The van der Waals surface area contributed by atoms with Crippen molar-refractivity contribution in [3.8, 4) is 0 Å². The topological polar surface area (TPSA) is 129 Å². The second kappa shape index (κ2) is 11.6. The van der Waals surface area contributed by atoms with Crippen LogP contribution < -0.4 is 11.0 Å². The van der Waals surface area contributed by atoms with Crippen LogP contribution in [0.15, 0.2) is 24.3 Å². The van der Waals surface area contributed by atoms with E-state index < -0.39 is 23.8 Å². The highest BCUT2D eigenvalue weighted by molar-refractivity contribution is 5.98. The molecule has 0 radical (unpaired) electrons. The molecule has 0 aliphatic carbocycles. The number of hydrogen-bond acceptors (Lipinski definition) is 8. The maximum absolute atomic E-state index is 11.9. The van der Waals surface area contributed by atoms with Gasteiger partial charge >= 0.3 is 11.9 Å². The van der Waals surface area contributed by atoms with Gasteiger partial charge in [0.1, 0.15) is 26.4 Å². The Hall–Kier alpha value is -2.98. The van der Waals surface area contributed by atoms with Crippen LogP contribution in [0.25, 0.3) is 0 Å². The van der Waals surface area contributed by atoms with Crippen LogP contribution in [0.4, 0.5) is 0 Å². The molecule has 0 aliphatic rings. The molecule has 10 heteroatoms. The number of esters is 2. The fraction of sp³-hybridized carbons (Fsp3) is 0.375. The van der Waals surface area contributed by atoms with Crippen molar-refractivity contribution in [3.63, 3.8) is 0 Å². The summed E-state index contributed by atoms with van der Waals surface area (Å²) >= 11 is 0. The Morgan fingerprint density at radius 3 is 1.58 bits per heavy atom. The van der Waals surface area contributed by atoms with E-state index in [1.807, 2.05) is 0 Å². The molecule has 2 N–H and O–H groups in total. The van der Waals surface area contributed by atoms with Gasteiger partial charge in [-0.15, -0.1) is 0 Å². The quantitative estimate of drug-likeness (QED) is 0.339. The van der Waals surface area contributed by atoms with E-state index in [1.54, 1.807) is 0 Å². The molecule has 1 rings (SSSR count). The van der Waals surface area contributed by atoms with Crippen LogP contribution in [0.2, 0.25) is 0 Å². The highest BCUT2D eigenvalue weighted by Gasteiger charge is 2.11. The number of amides is 2. The molecular formula is C16H20N2O8. The van der Waals surface area contributed by atoms with Crippen molar-refractivity contribution in [3.05, 3.63) is 35.4 Å². The molecule has 0 atom stereocenters. The SMILES string of the molecule is CC(=O)OCCONC(=O)c1cccc(C(=O)NOCCOC(C)=O)c1. The minimum absolute atomic E-state index is 0.00272. The Bertz CT molecular complexity index is 596. The van der Waals surface area contributed by atoms with Gasteiger partial charge in [0.05, 0.1) is 0 Å². The summed E-state index contributed by atoms with van der Waals surface area (Å²) in [5.74, 6) is -2.04. The van der Waals surface area contributed by atoms with Gasteiger partial charge in [-0.1, -0.05) is 6.07 Å². The fourth-order valence-corrected chi connectivity index (χ4v) is 1.61. The van der Waals surface area contributed by atoms with Crippen LogP contribution >= 0.6 is 0 Å². The molecule has 0 unspecified atom stereocenters. The van der Waals surface area contributed by atoms with Gasteiger partial charge in [-0.25, -0.2) is 11.0 Å². The van der Waals surface area contributed by atoms with E-state index in [9.17, 15) is 19.2 Å². The van der Waals surface area contributed by atoms with Crippen molar-refractivity contribution in [2.45, 2.75) is 13.8 Å². The Morgan fingerprint density at radius 1 is 0.769 bits per heavy atom. The molecule has 0 aliphatic heterocycles. The van der Waals surface area contributed by atoms with E-state index in [4.69, 9.17) is 9.68 Å². The first-order chi connectivity index (χ1) is 12.4. The minimum Gasteiger partial charge on any atom is -0.463 e. The molecule has 2 amide bonds. The standard InChI is InChI=1S/C16H20N2O8/c1-11(19)23-6-8-25-17-15(21)13-4-3-5-14(10-13)16(22)18-26-9-7-24-12(2)20/h3-5,10H,6-9H2,1-2H3,(H,17,21)(H,18,22). The molecule has 0 fully saturated rings. The van der Waals surface area contributed by atoms with E-state index in [0.29, 0.717) is 0 Å². The summed E-state index contributed by atoms with van der Waals surface area (Å²) in [4.78, 5) is 54.7. The number of nitrogens with one attached hydrogen (secondary N) is 2. The Balaban J connectivity index is 2.40. The largest absolute Gasteiger partial charge is 0.463 e. The minimum atomic E-state index is -0.571. The predicted molar refractivity (Wildman–Crippen MR) is 86.5 cm³/mol. The van der Waals surface area contributed by atoms with Crippen molar-refractivity contribution >= 4 is 23.8 Å². The van der Waals surface area contributed by atoms with Crippen LogP contribution in [0.1, 0.15) is 34.6 Å². The number of rotatable bonds is 10. The lowest BCUT2D eigenvalue weighted by atomic mass is 10.1. The lowest BCUT2D eigenvalue weighted by Gasteiger charge is -2.08. The summed E-state index contributed by atoms with van der Waals surface area (Å²) in [7, 11) is 0. The summed E-state index contributed by atoms with van der Waals surface area (Å²) in [6.45, 7) is 2.50. The highest BCUT2D eigenvalue weighted by atomic mass is 16.7. The van der Waals surface area contributed by atoms with E-state index >= 15 is 0 Å². The first-order valence-corrected chi connectivity index (χ1v) is 7.61. The molecule has 1 aromatic carbocycles. The number of benzene rings is 1. The summed E-state index contributed by atoms with van der Waals surface area (Å²) < 4.78 is 9.28. The zero-order chi connectivity index (χ0) is 19.4. The van der Waals surface area contributed by atoms with Crippen molar-refractivity contribution in [2.24, 2.45) is 0 Å². The van der Waals surface area contributed by atoms with Crippen molar-refractivity contribution in [2.75, 3.05) is 26.4 Å². The van der Waals surface area contributed by atoms with Crippen LogP contribution in [0, 0.1) is 0 Å².